The molecule has 0 aliphatic heterocycles. The van der Waals surface area contributed by atoms with Gasteiger partial charge in [0.2, 0.25) is 5.09 Å². The number of furan rings is 1. The number of sulfonamides is 1. The summed E-state index contributed by atoms with van der Waals surface area (Å²) >= 11 is 0. The number of hydrogen-bond donors (Lipinski definition) is 2. The predicted molar refractivity (Wildman–Crippen MR) is 73.9 cm³/mol. The van der Waals surface area contributed by atoms with Crippen LogP contribution < -0.4 is 10.0 Å². The van der Waals surface area contributed by atoms with Crippen LogP contribution in [0.1, 0.15) is 26.5 Å². The van der Waals surface area contributed by atoms with Gasteiger partial charge in [-0.3, -0.25) is 0 Å². The summed E-state index contributed by atoms with van der Waals surface area (Å²) < 4.78 is 31.3. The van der Waals surface area contributed by atoms with Crippen molar-refractivity contribution in [3.63, 3.8) is 0 Å². The topological polar surface area (TPSA) is 71.3 Å². The first-order valence-electron chi connectivity index (χ1n) is 6.14. The molecule has 0 aliphatic rings. The summed E-state index contributed by atoms with van der Waals surface area (Å²) in [5, 5.41) is 3.11. The highest BCUT2D eigenvalue weighted by Crippen LogP contribution is 2.13. The Labute approximate surface area is 114 Å². The van der Waals surface area contributed by atoms with Gasteiger partial charge in [-0.1, -0.05) is 19.8 Å². The fourth-order valence-corrected chi connectivity index (χ4v) is 2.24. The molecular formula is C13H20N2O3S. The van der Waals surface area contributed by atoms with Crippen molar-refractivity contribution in [3.8, 4) is 11.8 Å². The van der Waals surface area contributed by atoms with E-state index in [1.165, 1.54) is 6.07 Å². The van der Waals surface area contributed by atoms with E-state index in [-0.39, 0.29) is 11.6 Å². The molecule has 19 heavy (non-hydrogen) atoms. The molecule has 106 valence electrons. The molecule has 0 radical (unpaired) electrons. The van der Waals surface area contributed by atoms with E-state index in [9.17, 15) is 8.42 Å². The number of rotatable bonds is 7. The molecule has 1 aromatic heterocycles. The molecule has 0 spiro atoms. The molecule has 0 unspecified atom stereocenters. The van der Waals surface area contributed by atoms with Gasteiger partial charge in [-0.15, -0.1) is 5.92 Å². The van der Waals surface area contributed by atoms with Crippen LogP contribution in [0.4, 0.5) is 0 Å². The fraction of sp³-hybridized carbons (Fsp3) is 0.538. The van der Waals surface area contributed by atoms with Crippen molar-refractivity contribution in [2.45, 2.75) is 32.4 Å². The Hall–Kier alpha value is -1.29. The minimum atomic E-state index is -3.60. The molecular weight excluding hydrogens is 264 g/mol. The molecule has 0 bridgehead atoms. The largest absolute Gasteiger partial charge is 0.447 e. The molecule has 0 fully saturated rings. The third-order valence-corrected chi connectivity index (χ3v) is 3.55. The lowest BCUT2D eigenvalue weighted by molar-refractivity contribution is 0.395. The van der Waals surface area contributed by atoms with Crippen LogP contribution in [0.5, 0.6) is 0 Å². The van der Waals surface area contributed by atoms with Crippen LogP contribution in [0.2, 0.25) is 0 Å². The highest BCUT2D eigenvalue weighted by Gasteiger charge is 2.17. The smallest absolute Gasteiger partial charge is 0.274 e. The Kier molecular flexibility index (Phi) is 6.09. The minimum absolute atomic E-state index is 0.0771. The van der Waals surface area contributed by atoms with Crippen LogP contribution in [0.3, 0.4) is 0 Å². The second-order valence-corrected chi connectivity index (χ2v) is 6.19. The Morgan fingerprint density at radius 3 is 2.74 bits per heavy atom. The average Bonchev–Trinajstić information content (AvgIpc) is 2.78. The second-order valence-electron chi connectivity index (χ2n) is 4.50. The van der Waals surface area contributed by atoms with E-state index in [1.807, 2.05) is 0 Å². The molecule has 0 amide bonds. The van der Waals surface area contributed by atoms with Crippen molar-refractivity contribution in [1.82, 2.24) is 10.0 Å². The molecule has 0 aliphatic carbocycles. The zero-order chi connectivity index (χ0) is 14.3. The first-order chi connectivity index (χ1) is 8.95. The van der Waals surface area contributed by atoms with E-state index < -0.39 is 10.0 Å². The molecule has 0 saturated carbocycles. The van der Waals surface area contributed by atoms with E-state index in [0.29, 0.717) is 18.2 Å². The number of hydrogen-bond acceptors (Lipinski definition) is 4. The van der Waals surface area contributed by atoms with Crippen molar-refractivity contribution in [2.24, 2.45) is 5.92 Å². The van der Waals surface area contributed by atoms with E-state index in [4.69, 9.17) is 4.42 Å². The van der Waals surface area contributed by atoms with Crippen molar-refractivity contribution in [3.05, 3.63) is 17.9 Å². The summed E-state index contributed by atoms with van der Waals surface area (Å²) in [6.07, 6.45) is 0. The average molecular weight is 284 g/mol. The van der Waals surface area contributed by atoms with Gasteiger partial charge in [0.1, 0.15) is 5.76 Å². The van der Waals surface area contributed by atoms with E-state index in [1.54, 1.807) is 13.0 Å². The van der Waals surface area contributed by atoms with Crippen LogP contribution in [0, 0.1) is 17.8 Å². The lowest BCUT2D eigenvalue weighted by Gasteiger charge is -2.05. The van der Waals surface area contributed by atoms with Gasteiger partial charge < -0.3 is 9.73 Å². The second kappa shape index (κ2) is 7.34. The molecule has 1 aromatic rings. The van der Waals surface area contributed by atoms with Gasteiger partial charge in [0.25, 0.3) is 10.0 Å². The first kappa shape index (κ1) is 15.8. The first-order valence-corrected chi connectivity index (χ1v) is 7.62. The molecule has 1 rings (SSSR count). The van der Waals surface area contributed by atoms with Crippen molar-refractivity contribution in [2.75, 3.05) is 13.1 Å². The molecule has 5 nitrogen and oxygen atoms in total. The Morgan fingerprint density at radius 2 is 2.11 bits per heavy atom. The molecule has 0 aromatic carbocycles. The zero-order valence-corrected chi connectivity index (χ0v) is 12.3. The van der Waals surface area contributed by atoms with Gasteiger partial charge in [-0.2, -0.15) is 4.72 Å². The molecule has 0 atom stereocenters. The van der Waals surface area contributed by atoms with E-state index in [2.05, 4.69) is 35.7 Å². The van der Waals surface area contributed by atoms with Gasteiger partial charge in [-0.05, 0) is 31.5 Å². The van der Waals surface area contributed by atoms with Crippen LogP contribution in [-0.4, -0.2) is 21.5 Å². The third-order valence-electron chi connectivity index (χ3n) is 2.28. The van der Waals surface area contributed by atoms with Crippen molar-refractivity contribution in [1.29, 1.82) is 0 Å². The lowest BCUT2D eigenvalue weighted by Crippen LogP contribution is -2.23. The van der Waals surface area contributed by atoms with E-state index in [0.717, 1.165) is 6.54 Å². The van der Waals surface area contributed by atoms with Crippen LogP contribution in [0.15, 0.2) is 21.6 Å². The highest BCUT2D eigenvalue weighted by molar-refractivity contribution is 7.89. The summed E-state index contributed by atoms with van der Waals surface area (Å²) in [5.74, 6) is 6.39. The monoisotopic (exact) mass is 284 g/mol. The van der Waals surface area contributed by atoms with Crippen LogP contribution in [0.25, 0.3) is 0 Å². The number of nitrogens with one attached hydrogen (secondary N) is 2. The Morgan fingerprint density at radius 1 is 1.37 bits per heavy atom. The molecule has 6 heteroatoms. The molecule has 0 saturated heterocycles. The standard InChI is InChI=1S/C13H20N2O3S/c1-4-5-8-15-19(16,17)13-7-6-12(18-13)10-14-9-11(2)3/h6-7,11,14-15H,8-10H2,1-3H3. The maximum Gasteiger partial charge on any atom is 0.274 e. The van der Waals surface area contributed by atoms with Crippen molar-refractivity contribution < 1.29 is 12.8 Å². The summed E-state index contributed by atoms with van der Waals surface area (Å²) in [6, 6.07) is 3.11. The van der Waals surface area contributed by atoms with Crippen LogP contribution >= 0.6 is 0 Å². The lowest BCUT2D eigenvalue weighted by atomic mass is 10.2. The maximum atomic E-state index is 11.8. The van der Waals surface area contributed by atoms with E-state index >= 15 is 0 Å². The maximum absolute atomic E-state index is 11.8. The Bertz CT molecular complexity index is 550. The van der Waals surface area contributed by atoms with Crippen LogP contribution in [-0.2, 0) is 16.6 Å². The summed E-state index contributed by atoms with van der Waals surface area (Å²) in [4.78, 5) is 0. The van der Waals surface area contributed by atoms with Gasteiger partial charge in [-0.25, -0.2) is 8.42 Å². The van der Waals surface area contributed by atoms with Gasteiger partial charge >= 0.3 is 0 Å². The molecule has 1 heterocycles. The quantitative estimate of drug-likeness (QED) is 0.741. The van der Waals surface area contributed by atoms with Crippen molar-refractivity contribution >= 4 is 10.0 Å². The SMILES string of the molecule is CC#CCNS(=O)(=O)c1ccc(CNCC(C)C)o1. The van der Waals surface area contributed by atoms with Gasteiger partial charge in [0.05, 0.1) is 13.1 Å². The van der Waals surface area contributed by atoms with Gasteiger partial charge in [0.15, 0.2) is 0 Å². The zero-order valence-electron chi connectivity index (χ0n) is 11.5. The summed E-state index contributed by atoms with van der Waals surface area (Å²) in [7, 11) is -3.60. The summed E-state index contributed by atoms with van der Waals surface area (Å²) in [6.45, 7) is 7.31. The summed E-state index contributed by atoms with van der Waals surface area (Å²) in [5.41, 5.74) is 0. The molecule has 2 N–H and O–H groups in total. The third kappa shape index (κ3) is 5.47. The normalized spacial score (nSPS) is 11.4. The highest BCUT2D eigenvalue weighted by atomic mass is 32.2. The van der Waals surface area contributed by atoms with Gasteiger partial charge in [0, 0.05) is 0 Å². The predicted octanol–water partition coefficient (Wildman–Crippen LogP) is 1.33. The Balaban J connectivity index is 2.59. The minimum Gasteiger partial charge on any atom is -0.447 e. The fourth-order valence-electron chi connectivity index (χ4n) is 1.37.